The van der Waals surface area contributed by atoms with E-state index < -0.39 is 18.0 Å². The van der Waals surface area contributed by atoms with Crippen LogP contribution in [0, 0.1) is 17.8 Å². The Morgan fingerprint density at radius 2 is 1.63 bits per heavy atom. The Morgan fingerprint density at radius 3 is 2.23 bits per heavy atom. The largest absolute Gasteiger partial charge is 0.481 e. The monoisotopic (exact) mass is 476 g/mol. The summed E-state index contributed by atoms with van der Waals surface area (Å²) in [6, 6.07) is 16.3. The summed E-state index contributed by atoms with van der Waals surface area (Å²) >= 11 is 0. The van der Waals surface area contributed by atoms with Gasteiger partial charge in [0.2, 0.25) is 5.91 Å². The van der Waals surface area contributed by atoms with Crippen LogP contribution in [-0.4, -0.2) is 53.7 Å². The number of hydrogen-bond donors (Lipinski definition) is 2. The van der Waals surface area contributed by atoms with Crippen LogP contribution in [0.25, 0.3) is 11.1 Å². The van der Waals surface area contributed by atoms with Crippen molar-refractivity contribution in [1.82, 2.24) is 10.2 Å². The zero-order valence-corrected chi connectivity index (χ0v) is 20.0. The molecular formula is C28H32N2O5. The van der Waals surface area contributed by atoms with Crippen LogP contribution in [0.3, 0.4) is 0 Å². The van der Waals surface area contributed by atoms with Crippen LogP contribution >= 0.6 is 0 Å². The molecule has 0 aromatic heterocycles. The summed E-state index contributed by atoms with van der Waals surface area (Å²) in [6.45, 7) is 3.19. The van der Waals surface area contributed by atoms with E-state index in [0.717, 1.165) is 12.8 Å². The molecule has 3 aliphatic rings. The van der Waals surface area contributed by atoms with Gasteiger partial charge in [0.25, 0.3) is 0 Å². The lowest BCUT2D eigenvalue weighted by Gasteiger charge is -2.36. The van der Waals surface area contributed by atoms with Crippen molar-refractivity contribution in [3.63, 3.8) is 0 Å². The number of amides is 2. The first kappa shape index (κ1) is 23.4. The number of nitrogens with zero attached hydrogens (tertiary/aromatic N) is 1. The van der Waals surface area contributed by atoms with E-state index in [4.69, 9.17) is 4.74 Å². The molecule has 1 aliphatic heterocycles. The predicted octanol–water partition coefficient (Wildman–Crippen LogP) is 4.26. The lowest BCUT2D eigenvalue weighted by molar-refractivity contribution is -0.143. The van der Waals surface area contributed by atoms with E-state index in [1.54, 1.807) is 4.90 Å². The molecule has 2 amide bonds. The first-order valence-electron chi connectivity index (χ1n) is 12.5. The van der Waals surface area contributed by atoms with Crippen molar-refractivity contribution in [2.75, 3.05) is 19.7 Å². The van der Waals surface area contributed by atoms with Gasteiger partial charge in [-0.3, -0.25) is 9.59 Å². The molecular weight excluding hydrogens is 444 g/mol. The van der Waals surface area contributed by atoms with Gasteiger partial charge in [-0.1, -0.05) is 48.5 Å². The molecule has 2 N–H and O–H groups in total. The number of alkyl carbamates (subject to hydrolysis) is 1. The standard InChI is InChI=1S/C28H32N2O5/c1-17-20(27(32)33)10-11-30(17)26(31)14-18-12-19(13-18)15-29-28(34)35-16-25-23-8-4-2-6-21(23)22-7-3-5-9-24(22)25/h2-9,17-20,25H,10-16H2,1H3,(H,29,34)(H,32,33). The first-order chi connectivity index (χ1) is 16.9. The Labute approximate surface area is 205 Å². The zero-order valence-electron chi connectivity index (χ0n) is 20.0. The van der Waals surface area contributed by atoms with E-state index in [0.29, 0.717) is 44.4 Å². The average Bonchev–Trinajstić information content (AvgIpc) is 3.37. The third-order valence-electron chi connectivity index (χ3n) is 8.07. The number of carbonyl (C=O) groups is 3. The van der Waals surface area contributed by atoms with Crippen LogP contribution in [0.2, 0.25) is 0 Å². The number of fused-ring (bicyclic) bond motifs is 3. The molecule has 35 heavy (non-hydrogen) atoms. The highest BCUT2D eigenvalue weighted by atomic mass is 16.5. The van der Waals surface area contributed by atoms with Crippen molar-refractivity contribution in [3.8, 4) is 11.1 Å². The lowest BCUT2D eigenvalue weighted by atomic mass is 9.73. The number of carboxylic acids is 1. The molecule has 2 aliphatic carbocycles. The second-order valence-corrected chi connectivity index (χ2v) is 10.2. The summed E-state index contributed by atoms with van der Waals surface area (Å²) < 4.78 is 5.60. The van der Waals surface area contributed by atoms with Gasteiger partial charge in [-0.15, -0.1) is 0 Å². The number of ether oxygens (including phenoxy) is 1. The third-order valence-corrected chi connectivity index (χ3v) is 8.07. The van der Waals surface area contributed by atoms with Gasteiger partial charge in [-0.05, 0) is 60.3 Å². The van der Waals surface area contributed by atoms with Crippen molar-refractivity contribution in [1.29, 1.82) is 0 Å². The van der Waals surface area contributed by atoms with E-state index in [1.165, 1.54) is 22.3 Å². The van der Waals surface area contributed by atoms with Crippen LogP contribution in [-0.2, 0) is 14.3 Å². The maximum atomic E-state index is 12.6. The molecule has 0 radical (unpaired) electrons. The van der Waals surface area contributed by atoms with Gasteiger partial charge in [0, 0.05) is 31.5 Å². The van der Waals surface area contributed by atoms with Crippen LogP contribution in [0.4, 0.5) is 4.79 Å². The van der Waals surface area contributed by atoms with Crippen molar-refractivity contribution in [2.24, 2.45) is 17.8 Å². The summed E-state index contributed by atoms with van der Waals surface area (Å²) in [5.74, 6) is -0.551. The van der Waals surface area contributed by atoms with Gasteiger partial charge in [0.15, 0.2) is 0 Å². The average molecular weight is 477 g/mol. The van der Waals surface area contributed by atoms with E-state index in [2.05, 4.69) is 29.6 Å². The Balaban J connectivity index is 1.04. The summed E-state index contributed by atoms with van der Waals surface area (Å²) in [7, 11) is 0. The minimum atomic E-state index is -0.823. The molecule has 2 aromatic carbocycles. The number of hydrogen-bond acceptors (Lipinski definition) is 4. The molecule has 7 nitrogen and oxygen atoms in total. The summed E-state index contributed by atoms with van der Waals surface area (Å²) in [6.07, 6.45) is 2.36. The summed E-state index contributed by atoms with van der Waals surface area (Å²) in [5, 5.41) is 12.2. The lowest BCUT2D eigenvalue weighted by Crippen LogP contribution is -2.41. The number of nitrogens with one attached hydrogen (secondary N) is 1. The molecule has 2 atom stereocenters. The molecule has 0 spiro atoms. The molecule has 5 rings (SSSR count). The fourth-order valence-electron chi connectivity index (χ4n) is 6.07. The van der Waals surface area contributed by atoms with E-state index in [9.17, 15) is 19.5 Å². The van der Waals surface area contributed by atoms with Gasteiger partial charge >= 0.3 is 12.1 Å². The topological polar surface area (TPSA) is 95.9 Å². The summed E-state index contributed by atoms with van der Waals surface area (Å²) in [5.41, 5.74) is 4.79. The normalized spacial score (nSPS) is 24.9. The second kappa shape index (κ2) is 9.72. The van der Waals surface area contributed by atoms with Crippen molar-refractivity contribution < 1.29 is 24.2 Å². The van der Waals surface area contributed by atoms with Crippen molar-refractivity contribution in [3.05, 3.63) is 59.7 Å². The minimum Gasteiger partial charge on any atom is -0.481 e. The Hall–Kier alpha value is -3.35. The number of rotatable bonds is 7. The molecule has 2 fully saturated rings. The van der Waals surface area contributed by atoms with Crippen LogP contribution in [0.1, 0.15) is 49.7 Å². The number of aliphatic carboxylic acids is 1. The van der Waals surface area contributed by atoms with Crippen LogP contribution in [0.5, 0.6) is 0 Å². The Morgan fingerprint density at radius 1 is 1.00 bits per heavy atom. The highest BCUT2D eigenvalue weighted by Crippen LogP contribution is 2.44. The summed E-state index contributed by atoms with van der Waals surface area (Å²) in [4.78, 5) is 38.0. The van der Waals surface area contributed by atoms with Gasteiger partial charge < -0.3 is 20.1 Å². The SMILES string of the molecule is CC1C(C(=O)O)CCN1C(=O)CC1CC(CNC(=O)OCC2c3ccccc3-c3ccccc32)C1. The highest BCUT2D eigenvalue weighted by Gasteiger charge is 2.40. The molecule has 2 unspecified atom stereocenters. The van der Waals surface area contributed by atoms with Crippen LogP contribution < -0.4 is 5.32 Å². The maximum absolute atomic E-state index is 12.6. The fraction of sp³-hybridized carbons (Fsp3) is 0.464. The zero-order chi connectivity index (χ0) is 24.5. The molecule has 184 valence electrons. The fourth-order valence-corrected chi connectivity index (χ4v) is 6.07. The van der Waals surface area contributed by atoms with Gasteiger partial charge in [0.1, 0.15) is 6.61 Å². The Kier molecular flexibility index (Phi) is 6.50. The molecule has 1 saturated carbocycles. The number of carbonyl (C=O) groups excluding carboxylic acids is 2. The molecule has 0 bridgehead atoms. The predicted molar refractivity (Wildman–Crippen MR) is 131 cm³/mol. The van der Waals surface area contributed by atoms with Gasteiger partial charge in [0.05, 0.1) is 5.92 Å². The first-order valence-corrected chi connectivity index (χ1v) is 12.5. The second-order valence-electron chi connectivity index (χ2n) is 10.2. The van der Waals surface area contributed by atoms with E-state index in [-0.39, 0.29) is 17.9 Å². The molecule has 1 saturated heterocycles. The quantitative estimate of drug-likeness (QED) is 0.622. The number of carboxylic acid groups (broad SMARTS) is 1. The maximum Gasteiger partial charge on any atom is 0.407 e. The highest BCUT2D eigenvalue weighted by molar-refractivity contribution is 5.80. The number of benzene rings is 2. The van der Waals surface area contributed by atoms with E-state index >= 15 is 0 Å². The number of likely N-dealkylation sites (tertiary alicyclic amines) is 1. The third kappa shape index (κ3) is 4.64. The molecule has 2 aromatic rings. The van der Waals surface area contributed by atoms with Crippen molar-refractivity contribution >= 4 is 18.0 Å². The minimum absolute atomic E-state index is 0.0425. The van der Waals surface area contributed by atoms with Gasteiger partial charge in [-0.2, -0.15) is 0 Å². The Bertz CT molecular complexity index is 1080. The van der Waals surface area contributed by atoms with Crippen molar-refractivity contribution in [2.45, 2.75) is 44.6 Å². The molecule has 7 heteroatoms. The van der Waals surface area contributed by atoms with E-state index in [1.807, 2.05) is 31.2 Å². The molecule has 1 heterocycles. The smallest absolute Gasteiger partial charge is 0.407 e. The van der Waals surface area contributed by atoms with Gasteiger partial charge in [-0.25, -0.2) is 4.79 Å². The van der Waals surface area contributed by atoms with Crippen LogP contribution in [0.15, 0.2) is 48.5 Å².